The molecule has 0 bridgehead atoms. The number of amides is 1. The summed E-state index contributed by atoms with van der Waals surface area (Å²) in [4.78, 5) is 16.9. The summed E-state index contributed by atoms with van der Waals surface area (Å²) in [5, 5.41) is 21.1. The normalized spacial score (nSPS) is 15.5. The van der Waals surface area contributed by atoms with Crippen LogP contribution in [0.2, 0.25) is 0 Å². The van der Waals surface area contributed by atoms with Gasteiger partial charge in [-0.3, -0.25) is 4.79 Å². The average Bonchev–Trinajstić information content (AvgIpc) is 3.52. The van der Waals surface area contributed by atoms with Gasteiger partial charge in [-0.05, 0) is 52.0 Å². The van der Waals surface area contributed by atoms with Gasteiger partial charge >= 0.3 is 0 Å². The number of phenols is 1. The van der Waals surface area contributed by atoms with Crippen LogP contribution in [0.5, 0.6) is 5.75 Å². The molecule has 9 heteroatoms. The molecule has 1 fully saturated rings. The quantitative estimate of drug-likeness (QED) is 0.335. The van der Waals surface area contributed by atoms with Gasteiger partial charge in [-0.25, -0.2) is 4.98 Å². The molecule has 2 aromatic heterocycles. The number of benzene rings is 2. The molecule has 0 aliphatic carbocycles. The van der Waals surface area contributed by atoms with E-state index in [1.165, 1.54) is 0 Å². The first-order valence-corrected chi connectivity index (χ1v) is 11.9. The topological polar surface area (TPSA) is 101 Å². The maximum absolute atomic E-state index is 12.2. The molecule has 3 heterocycles. The summed E-state index contributed by atoms with van der Waals surface area (Å²) >= 11 is 3.51. The Bertz CT molecular complexity index is 1330. The molecular weight excluding hydrogens is 498 g/mol. The highest BCUT2D eigenvalue weighted by Gasteiger charge is 2.23. The third-order valence-corrected chi connectivity index (χ3v) is 6.32. The second-order valence-electron chi connectivity index (χ2n) is 8.16. The summed E-state index contributed by atoms with van der Waals surface area (Å²) in [5.41, 5.74) is 4.00. The van der Waals surface area contributed by atoms with Crippen LogP contribution in [-0.4, -0.2) is 38.3 Å². The number of nitrogens with zero attached hydrogens (tertiary/aromatic N) is 3. The number of aromatic nitrogens is 3. The van der Waals surface area contributed by atoms with Gasteiger partial charge in [-0.2, -0.15) is 9.61 Å². The number of nitrogens with one attached hydrogen (secondary N) is 2. The van der Waals surface area contributed by atoms with Gasteiger partial charge in [0.1, 0.15) is 17.7 Å². The number of halogens is 1. The van der Waals surface area contributed by atoms with Crippen LogP contribution < -0.4 is 10.6 Å². The fourth-order valence-corrected chi connectivity index (χ4v) is 4.37. The third-order valence-electron chi connectivity index (χ3n) is 5.76. The van der Waals surface area contributed by atoms with Gasteiger partial charge in [0.15, 0.2) is 5.65 Å². The Kier molecular flexibility index (Phi) is 6.46. The van der Waals surface area contributed by atoms with Crippen molar-refractivity contribution in [2.45, 2.75) is 32.0 Å². The largest absolute Gasteiger partial charge is 0.507 e. The minimum atomic E-state index is -0.328. The molecule has 2 aromatic carbocycles. The number of rotatable bonds is 7. The zero-order chi connectivity index (χ0) is 23.5. The first-order chi connectivity index (χ1) is 16.6. The molecule has 8 nitrogen and oxygen atoms in total. The monoisotopic (exact) mass is 521 g/mol. The number of carbonyl (C=O) groups excluding carboxylic acids is 1. The number of phenolic OH excluding ortho intramolecular Hbond substituents is 1. The molecule has 1 amide bonds. The molecule has 0 spiro atoms. The molecule has 34 heavy (non-hydrogen) atoms. The van der Waals surface area contributed by atoms with E-state index in [1.54, 1.807) is 22.8 Å². The number of anilines is 1. The Morgan fingerprint density at radius 3 is 2.76 bits per heavy atom. The number of hydrogen-bond donors (Lipinski definition) is 3. The van der Waals surface area contributed by atoms with Crippen molar-refractivity contribution in [3.63, 3.8) is 0 Å². The van der Waals surface area contributed by atoms with Crippen LogP contribution in [0.3, 0.4) is 0 Å². The molecule has 1 aliphatic rings. The highest BCUT2D eigenvalue weighted by Crippen LogP contribution is 2.31. The fraction of sp³-hybridized carbons (Fsp3) is 0.240. The number of aromatic hydroxyl groups is 1. The van der Waals surface area contributed by atoms with Crippen molar-refractivity contribution in [1.29, 1.82) is 0 Å². The first kappa shape index (κ1) is 22.4. The van der Waals surface area contributed by atoms with E-state index < -0.39 is 0 Å². The number of fused-ring (bicyclic) bond motifs is 1. The number of hydrogen-bond acceptors (Lipinski definition) is 6. The summed E-state index contributed by atoms with van der Waals surface area (Å²) in [6.45, 7) is 1.65. The Morgan fingerprint density at radius 1 is 1.15 bits per heavy atom. The minimum absolute atomic E-state index is 0.0545. The molecule has 3 N–H and O–H groups in total. The van der Waals surface area contributed by atoms with E-state index in [4.69, 9.17) is 4.74 Å². The van der Waals surface area contributed by atoms with Crippen LogP contribution in [0.1, 0.15) is 24.0 Å². The van der Waals surface area contributed by atoms with E-state index in [2.05, 4.69) is 42.7 Å². The van der Waals surface area contributed by atoms with Crippen molar-refractivity contribution in [2.75, 3.05) is 11.9 Å². The van der Waals surface area contributed by atoms with E-state index in [1.807, 2.05) is 36.4 Å². The van der Waals surface area contributed by atoms with Crippen molar-refractivity contribution in [1.82, 2.24) is 19.9 Å². The van der Waals surface area contributed by atoms with E-state index in [9.17, 15) is 9.90 Å². The Morgan fingerprint density at radius 2 is 1.97 bits per heavy atom. The van der Waals surface area contributed by atoms with Crippen molar-refractivity contribution in [3.8, 4) is 17.0 Å². The molecule has 174 valence electrons. The molecule has 1 saturated heterocycles. The Hall–Kier alpha value is -3.43. The summed E-state index contributed by atoms with van der Waals surface area (Å²) in [7, 11) is 0. The fourth-order valence-electron chi connectivity index (χ4n) is 4.02. The molecule has 1 atom stereocenters. The molecule has 0 saturated carbocycles. The van der Waals surface area contributed by atoms with Gasteiger partial charge in [0.05, 0.1) is 16.4 Å². The van der Waals surface area contributed by atoms with Crippen LogP contribution in [0.15, 0.2) is 65.3 Å². The third kappa shape index (κ3) is 4.76. The van der Waals surface area contributed by atoms with Crippen molar-refractivity contribution >= 4 is 33.3 Å². The summed E-state index contributed by atoms with van der Waals surface area (Å²) in [6.07, 6.45) is 3.08. The number of para-hydroxylation sites is 1. The molecule has 1 unspecified atom stereocenters. The van der Waals surface area contributed by atoms with E-state index in [0.29, 0.717) is 36.6 Å². The van der Waals surface area contributed by atoms with E-state index in [-0.39, 0.29) is 17.8 Å². The summed E-state index contributed by atoms with van der Waals surface area (Å²) < 4.78 is 7.93. The molecule has 1 aliphatic heterocycles. The highest BCUT2D eigenvalue weighted by atomic mass is 79.9. The lowest BCUT2D eigenvalue weighted by molar-refractivity contribution is -0.130. The zero-order valence-corrected chi connectivity index (χ0v) is 20.0. The van der Waals surface area contributed by atoms with Crippen molar-refractivity contribution in [3.05, 3.63) is 76.4 Å². The number of ether oxygens (including phenoxy) is 1. The summed E-state index contributed by atoms with van der Waals surface area (Å²) in [5.74, 6) is 0.853. The summed E-state index contributed by atoms with van der Waals surface area (Å²) in [6, 6.07) is 17.0. The SMILES string of the molecule is O=C(NCc1cccc(CNc2cc(-c3ccccc3O)nc3c(Br)cnn23)c1)C1CCCO1. The van der Waals surface area contributed by atoms with Gasteiger partial charge in [0, 0.05) is 31.3 Å². The van der Waals surface area contributed by atoms with Gasteiger partial charge in [0.25, 0.3) is 0 Å². The first-order valence-electron chi connectivity index (χ1n) is 11.1. The van der Waals surface area contributed by atoms with Crippen LogP contribution >= 0.6 is 15.9 Å². The van der Waals surface area contributed by atoms with Crippen molar-refractivity contribution in [2.24, 2.45) is 0 Å². The second kappa shape index (κ2) is 9.82. The van der Waals surface area contributed by atoms with Crippen molar-refractivity contribution < 1.29 is 14.6 Å². The van der Waals surface area contributed by atoms with E-state index >= 15 is 0 Å². The highest BCUT2D eigenvalue weighted by molar-refractivity contribution is 9.10. The smallest absolute Gasteiger partial charge is 0.249 e. The maximum atomic E-state index is 12.2. The Balaban J connectivity index is 1.33. The van der Waals surface area contributed by atoms with Crippen LogP contribution in [0.25, 0.3) is 16.9 Å². The molecule has 0 radical (unpaired) electrons. The average molecular weight is 522 g/mol. The van der Waals surface area contributed by atoms with Gasteiger partial charge in [-0.1, -0.05) is 36.4 Å². The van der Waals surface area contributed by atoms with E-state index in [0.717, 1.165) is 34.3 Å². The van der Waals surface area contributed by atoms with Gasteiger partial charge in [-0.15, -0.1) is 0 Å². The standard InChI is InChI=1S/C25H24BrN5O3/c26-19-15-29-31-23(12-20(30-24(19)31)18-7-1-2-8-21(18)32)27-13-16-5-3-6-17(11-16)14-28-25(33)22-9-4-10-34-22/h1-3,5-8,11-12,15,22,27,32H,4,9-10,13-14H2,(H,28,33). The molecular formula is C25H24BrN5O3. The lowest BCUT2D eigenvalue weighted by atomic mass is 10.1. The van der Waals surface area contributed by atoms with Crippen LogP contribution in [0, 0.1) is 0 Å². The lowest BCUT2D eigenvalue weighted by Crippen LogP contribution is -2.33. The Labute approximate surface area is 205 Å². The predicted molar refractivity (Wildman–Crippen MR) is 132 cm³/mol. The van der Waals surface area contributed by atoms with Gasteiger partial charge in [0.2, 0.25) is 5.91 Å². The van der Waals surface area contributed by atoms with Crippen LogP contribution in [0.4, 0.5) is 5.82 Å². The number of carbonyl (C=O) groups is 1. The lowest BCUT2D eigenvalue weighted by Gasteiger charge is -2.13. The van der Waals surface area contributed by atoms with Gasteiger partial charge < -0.3 is 20.5 Å². The second-order valence-corrected chi connectivity index (χ2v) is 9.02. The molecule has 5 rings (SSSR count). The molecule has 4 aromatic rings. The zero-order valence-electron chi connectivity index (χ0n) is 18.4. The predicted octanol–water partition coefficient (Wildman–Crippen LogP) is 4.27. The van der Waals surface area contributed by atoms with Crippen LogP contribution in [-0.2, 0) is 22.6 Å². The minimum Gasteiger partial charge on any atom is -0.507 e. The maximum Gasteiger partial charge on any atom is 0.249 e.